The number of halogens is 3. The highest BCUT2D eigenvalue weighted by molar-refractivity contribution is 7.15. The number of hydrogen-bond donors (Lipinski definition) is 1. The van der Waals surface area contributed by atoms with E-state index in [0.29, 0.717) is 18.2 Å². The second-order valence-corrected chi connectivity index (χ2v) is 5.98. The van der Waals surface area contributed by atoms with Crippen molar-refractivity contribution in [1.29, 1.82) is 0 Å². The lowest BCUT2D eigenvalue weighted by Gasteiger charge is -2.26. The average molecular weight is 324 g/mol. The van der Waals surface area contributed by atoms with Gasteiger partial charge in [0, 0.05) is 37.3 Å². The Kier molecular flexibility index (Phi) is 7.41. The van der Waals surface area contributed by atoms with Gasteiger partial charge in [-0.2, -0.15) is 13.2 Å². The number of alkyl halides is 3. The van der Waals surface area contributed by atoms with Gasteiger partial charge >= 0.3 is 6.18 Å². The van der Waals surface area contributed by atoms with Crippen LogP contribution < -0.4 is 5.73 Å². The number of anilines is 1. The summed E-state index contributed by atoms with van der Waals surface area (Å²) >= 11 is 1.33. The Morgan fingerprint density at radius 1 is 1.14 bits per heavy atom. The van der Waals surface area contributed by atoms with Crippen molar-refractivity contribution in [3.8, 4) is 0 Å². The minimum Gasteiger partial charge on any atom is -0.375 e. The van der Waals surface area contributed by atoms with E-state index in [1.807, 2.05) is 18.7 Å². The largest absolute Gasteiger partial charge is 0.390 e. The van der Waals surface area contributed by atoms with Crippen molar-refractivity contribution in [2.45, 2.75) is 33.0 Å². The van der Waals surface area contributed by atoms with E-state index in [1.165, 1.54) is 11.3 Å². The SMILES string of the molecule is CCN(CC)CCN(CCC(F)(F)F)Cc1cnc(N)s1. The third-order valence-corrected chi connectivity index (χ3v) is 4.10. The molecule has 21 heavy (non-hydrogen) atoms. The lowest BCUT2D eigenvalue weighted by Crippen LogP contribution is -2.36. The Morgan fingerprint density at radius 3 is 2.24 bits per heavy atom. The predicted octanol–water partition coefficient (Wildman–Crippen LogP) is 2.82. The number of nitrogen functional groups attached to an aromatic ring is 1. The summed E-state index contributed by atoms with van der Waals surface area (Å²) in [6, 6.07) is 0. The first-order valence-corrected chi connectivity index (χ1v) is 7.87. The monoisotopic (exact) mass is 324 g/mol. The third kappa shape index (κ3) is 7.63. The van der Waals surface area contributed by atoms with Gasteiger partial charge in [0.15, 0.2) is 5.13 Å². The summed E-state index contributed by atoms with van der Waals surface area (Å²) in [4.78, 5) is 8.85. The van der Waals surface area contributed by atoms with E-state index >= 15 is 0 Å². The quantitative estimate of drug-likeness (QED) is 0.759. The van der Waals surface area contributed by atoms with Crippen LogP contribution in [0.2, 0.25) is 0 Å². The summed E-state index contributed by atoms with van der Waals surface area (Å²) in [6.45, 7) is 7.73. The van der Waals surface area contributed by atoms with Crippen LogP contribution >= 0.6 is 11.3 Å². The number of nitrogens with two attached hydrogens (primary N) is 1. The van der Waals surface area contributed by atoms with Gasteiger partial charge in [0.05, 0.1) is 6.42 Å². The standard InChI is InChI=1S/C13H23F3N4S/c1-3-19(4-2)7-8-20(6-5-13(14,15)16)10-11-9-18-12(17)21-11/h9H,3-8,10H2,1-2H3,(H2,17,18). The Balaban J connectivity index is 2.56. The van der Waals surface area contributed by atoms with Crippen molar-refractivity contribution in [3.05, 3.63) is 11.1 Å². The van der Waals surface area contributed by atoms with Crippen LogP contribution in [0.25, 0.3) is 0 Å². The zero-order chi connectivity index (χ0) is 15.9. The molecule has 8 heteroatoms. The second-order valence-electron chi connectivity index (χ2n) is 4.83. The summed E-state index contributed by atoms with van der Waals surface area (Å²) in [7, 11) is 0. The first-order chi connectivity index (χ1) is 9.84. The van der Waals surface area contributed by atoms with Gasteiger partial charge in [-0.25, -0.2) is 4.98 Å². The number of aromatic nitrogens is 1. The molecule has 0 bridgehead atoms. The summed E-state index contributed by atoms with van der Waals surface area (Å²) < 4.78 is 37.3. The molecule has 1 rings (SSSR count). The van der Waals surface area contributed by atoms with Crippen LogP contribution in [-0.4, -0.2) is 53.7 Å². The van der Waals surface area contributed by atoms with E-state index in [0.717, 1.165) is 24.5 Å². The van der Waals surface area contributed by atoms with Crippen molar-refractivity contribution in [1.82, 2.24) is 14.8 Å². The molecule has 0 unspecified atom stereocenters. The highest BCUT2D eigenvalue weighted by atomic mass is 32.1. The van der Waals surface area contributed by atoms with Gasteiger partial charge < -0.3 is 10.6 Å². The molecule has 0 aliphatic heterocycles. The molecule has 1 aromatic rings. The van der Waals surface area contributed by atoms with Crippen LogP contribution in [0, 0.1) is 0 Å². The van der Waals surface area contributed by atoms with E-state index in [4.69, 9.17) is 5.73 Å². The van der Waals surface area contributed by atoms with Gasteiger partial charge in [0.25, 0.3) is 0 Å². The fraction of sp³-hybridized carbons (Fsp3) is 0.769. The maximum atomic E-state index is 12.4. The number of thiazole rings is 1. The van der Waals surface area contributed by atoms with Crippen molar-refractivity contribution < 1.29 is 13.2 Å². The molecular formula is C13H23F3N4S. The molecule has 0 aliphatic carbocycles. The fourth-order valence-electron chi connectivity index (χ4n) is 1.99. The van der Waals surface area contributed by atoms with Crippen molar-refractivity contribution >= 4 is 16.5 Å². The highest BCUT2D eigenvalue weighted by Gasteiger charge is 2.27. The molecule has 0 spiro atoms. The van der Waals surface area contributed by atoms with Crippen molar-refractivity contribution in [3.63, 3.8) is 0 Å². The molecule has 122 valence electrons. The smallest absolute Gasteiger partial charge is 0.375 e. The van der Waals surface area contributed by atoms with Crippen LogP contribution in [0.3, 0.4) is 0 Å². The van der Waals surface area contributed by atoms with Gasteiger partial charge in [-0.1, -0.05) is 13.8 Å². The molecule has 0 atom stereocenters. The summed E-state index contributed by atoms with van der Waals surface area (Å²) in [5.41, 5.74) is 5.56. The minimum absolute atomic E-state index is 0.00255. The summed E-state index contributed by atoms with van der Waals surface area (Å²) in [6.07, 6.45) is -3.28. The first-order valence-electron chi connectivity index (χ1n) is 7.05. The Labute approximate surface area is 127 Å². The molecule has 1 aromatic heterocycles. The second kappa shape index (κ2) is 8.55. The molecule has 0 amide bonds. The maximum absolute atomic E-state index is 12.4. The van der Waals surface area contributed by atoms with E-state index in [-0.39, 0.29) is 6.54 Å². The van der Waals surface area contributed by atoms with Gasteiger partial charge in [-0.05, 0) is 13.1 Å². The molecule has 0 radical (unpaired) electrons. The van der Waals surface area contributed by atoms with Crippen molar-refractivity contribution in [2.75, 3.05) is 38.5 Å². The normalized spacial score (nSPS) is 12.5. The average Bonchev–Trinajstić information content (AvgIpc) is 2.81. The van der Waals surface area contributed by atoms with Gasteiger partial charge in [0.2, 0.25) is 0 Å². The number of nitrogens with zero attached hydrogens (tertiary/aromatic N) is 3. The molecule has 0 aromatic carbocycles. The van der Waals surface area contributed by atoms with Crippen LogP contribution in [0.5, 0.6) is 0 Å². The number of hydrogen-bond acceptors (Lipinski definition) is 5. The molecule has 4 nitrogen and oxygen atoms in total. The first kappa shape index (κ1) is 18.2. The highest BCUT2D eigenvalue weighted by Crippen LogP contribution is 2.21. The van der Waals surface area contributed by atoms with Gasteiger partial charge in [-0.3, -0.25) is 4.90 Å². The van der Waals surface area contributed by atoms with Crippen molar-refractivity contribution in [2.24, 2.45) is 0 Å². The van der Waals surface area contributed by atoms with Crippen LogP contribution in [0.15, 0.2) is 6.20 Å². The molecule has 0 saturated carbocycles. The lowest BCUT2D eigenvalue weighted by atomic mass is 10.3. The maximum Gasteiger partial charge on any atom is 0.390 e. The van der Waals surface area contributed by atoms with E-state index in [9.17, 15) is 13.2 Å². The van der Waals surface area contributed by atoms with Gasteiger partial charge in [0.1, 0.15) is 0 Å². The third-order valence-electron chi connectivity index (χ3n) is 3.29. The minimum atomic E-state index is -4.12. The van der Waals surface area contributed by atoms with Gasteiger partial charge in [-0.15, -0.1) is 11.3 Å². The molecule has 0 aliphatic rings. The zero-order valence-corrected chi connectivity index (χ0v) is 13.3. The number of likely N-dealkylation sites (N-methyl/N-ethyl adjacent to an activating group) is 1. The molecule has 1 heterocycles. The van der Waals surface area contributed by atoms with Crippen LogP contribution in [0.1, 0.15) is 25.1 Å². The Hall–Kier alpha value is -0.860. The molecule has 2 N–H and O–H groups in total. The van der Waals surface area contributed by atoms with E-state index < -0.39 is 12.6 Å². The van der Waals surface area contributed by atoms with Crippen LogP contribution in [0.4, 0.5) is 18.3 Å². The number of rotatable bonds is 9. The molecular weight excluding hydrogens is 301 g/mol. The van der Waals surface area contributed by atoms with E-state index in [1.54, 1.807) is 6.20 Å². The van der Waals surface area contributed by atoms with Crippen LogP contribution in [-0.2, 0) is 6.54 Å². The Bertz CT molecular complexity index is 404. The Morgan fingerprint density at radius 2 is 1.76 bits per heavy atom. The molecule has 0 fully saturated rings. The zero-order valence-electron chi connectivity index (χ0n) is 12.5. The van der Waals surface area contributed by atoms with E-state index in [2.05, 4.69) is 9.88 Å². The predicted molar refractivity (Wildman–Crippen MR) is 80.3 cm³/mol. The lowest BCUT2D eigenvalue weighted by molar-refractivity contribution is -0.138. The molecule has 0 saturated heterocycles. The summed E-state index contributed by atoms with van der Waals surface area (Å²) in [5.74, 6) is 0. The fourth-order valence-corrected chi connectivity index (χ4v) is 2.72. The summed E-state index contributed by atoms with van der Waals surface area (Å²) in [5, 5.41) is 0.449. The topological polar surface area (TPSA) is 45.4 Å².